The van der Waals surface area contributed by atoms with E-state index in [1.807, 2.05) is 0 Å². The molecule has 4 aromatic rings. The minimum Gasteiger partial charge on any atom is -0.428 e. The summed E-state index contributed by atoms with van der Waals surface area (Å²) in [6.45, 7) is 0.00408. The molecule has 4 nitrogen and oxygen atoms in total. The molecule has 0 unspecified atom stereocenters. The number of carbonyl (C=O) groups excluding carboxylic acids is 1. The number of nitrogens with two attached hydrogens (primary N) is 1. The number of amides is 1. The molecule has 0 spiro atoms. The zero-order valence-corrected chi connectivity index (χ0v) is 24.3. The van der Waals surface area contributed by atoms with Crippen LogP contribution in [0.5, 0.6) is 5.75 Å². The van der Waals surface area contributed by atoms with Crippen LogP contribution in [0.15, 0.2) is 78.9 Å². The first-order valence-electron chi connectivity index (χ1n) is 13.7. The van der Waals surface area contributed by atoms with Crippen LogP contribution in [0, 0.1) is 17.5 Å². The lowest BCUT2D eigenvalue weighted by Crippen LogP contribution is -2.49. The molecule has 0 aliphatic heterocycles. The first-order valence-corrected chi connectivity index (χ1v) is 13.7. The van der Waals surface area contributed by atoms with Gasteiger partial charge in [-0.15, -0.1) is 0 Å². The van der Waals surface area contributed by atoms with E-state index >= 15 is 4.39 Å². The predicted octanol–water partition coefficient (Wildman–Crippen LogP) is 8.75. The van der Waals surface area contributed by atoms with E-state index in [0.29, 0.717) is 35.9 Å². The zero-order chi connectivity index (χ0) is 36.5. The molecule has 1 amide bonds. The van der Waals surface area contributed by atoms with E-state index in [4.69, 9.17) is 5.73 Å². The second-order valence-electron chi connectivity index (χ2n) is 10.6. The van der Waals surface area contributed by atoms with Gasteiger partial charge in [-0.25, -0.2) is 13.2 Å². The van der Waals surface area contributed by atoms with Gasteiger partial charge in [0.05, 0.1) is 16.7 Å². The Kier molecular flexibility index (Phi) is 10.3. The van der Waals surface area contributed by atoms with Gasteiger partial charge in [0, 0.05) is 24.6 Å². The van der Waals surface area contributed by atoms with Crippen molar-refractivity contribution in [3.8, 4) is 5.75 Å². The average Bonchev–Trinajstić information content (AvgIpc) is 2.99. The van der Waals surface area contributed by atoms with E-state index in [1.54, 1.807) is 0 Å². The Balaban J connectivity index is 2.06. The molecule has 0 saturated carbocycles. The van der Waals surface area contributed by atoms with Crippen LogP contribution in [0.2, 0.25) is 0 Å². The van der Waals surface area contributed by atoms with Gasteiger partial charge in [-0.2, -0.15) is 43.9 Å². The van der Waals surface area contributed by atoms with Crippen LogP contribution in [0.1, 0.15) is 43.7 Å². The van der Waals surface area contributed by atoms with Crippen LogP contribution in [-0.4, -0.2) is 18.4 Å². The molecule has 4 rings (SSSR count). The summed E-state index contributed by atoms with van der Waals surface area (Å²) in [5, 5.41) is 2.19. The van der Waals surface area contributed by atoms with Crippen molar-refractivity contribution in [2.75, 3.05) is 0 Å². The summed E-state index contributed by atoms with van der Waals surface area (Å²) in [6, 6.07) is 8.76. The number of alkyl halides is 10. The lowest BCUT2D eigenvalue weighted by molar-refractivity contribution is -0.253. The summed E-state index contributed by atoms with van der Waals surface area (Å²) in [7, 11) is 0. The highest BCUT2D eigenvalue weighted by atomic mass is 19.4. The van der Waals surface area contributed by atoms with Crippen molar-refractivity contribution in [3.05, 3.63) is 135 Å². The van der Waals surface area contributed by atoms with Gasteiger partial charge < -0.3 is 15.8 Å². The van der Waals surface area contributed by atoms with Gasteiger partial charge in [-0.3, -0.25) is 4.79 Å². The van der Waals surface area contributed by atoms with Gasteiger partial charge in [0.15, 0.2) is 0 Å². The van der Waals surface area contributed by atoms with Crippen LogP contribution in [-0.2, 0) is 30.9 Å². The lowest BCUT2D eigenvalue weighted by atomic mass is 9.76. The lowest BCUT2D eigenvalue weighted by Gasteiger charge is -2.37. The van der Waals surface area contributed by atoms with Crippen molar-refractivity contribution in [2.45, 2.75) is 43.4 Å². The Labute approximate surface area is 268 Å². The molecule has 0 aliphatic rings. The highest BCUT2D eigenvalue weighted by Crippen LogP contribution is 2.41. The first kappa shape index (κ1) is 37.0. The van der Waals surface area contributed by atoms with E-state index in [-0.39, 0.29) is 36.4 Å². The third kappa shape index (κ3) is 8.26. The van der Waals surface area contributed by atoms with Gasteiger partial charge in [0.25, 0.3) is 5.91 Å². The Morgan fingerprint density at radius 1 is 0.694 bits per heavy atom. The van der Waals surface area contributed by atoms with Crippen LogP contribution >= 0.6 is 0 Å². The maximum Gasteiger partial charge on any atom is 0.461 e. The fourth-order valence-corrected chi connectivity index (χ4v) is 4.89. The minimum absolute atomic E-state index is 0.00408. The highest BCUT2D eigenvalue weighted by Gasteiger charge is 2.45. The van der Waals surface area contributed by atoms with Crippen molar-refractivity contribution < 1.29 is 66.6 Å². The standard InChI is InChI=1S/C32H21F13N2O2/c33-21-10-20(11-22(13-21)49-32(44,45)28(36)37)29(14-16-1-3-17(15-46)4-2-16,19-6-8-26(35)24(12-19)31(41,42)43)47-27(48)18-5-7-25(34)23(9-18)30(38,39)40/h1-13,28H,14-15,46H2,(H,47,48)/t29-/m0/s1. The summed E-state index contributed by atoms with van der Waals surface area (Å²) >= 11 is 0. The Morgan fingerprint density at radius 3 is 1.80 bits per heavy atom. The number of hydrogen-bond acceptors (Lipinski definition) is 3. The Hall–Kier alpha value is -4.80. The fraction of sp³-hybridized carbons (Fsp3) is 0.219. The van der Waals surface area contributed by atoms with Crippen molar-refractivity contribution in [1.82, 2.24) is 5.32 Å². The van der Waals surface area contributed by atoms with Gasteiger partial charge in [-0.1, -0.05) is 30.3 Å². The van der Waals surface area contributed by atoms with Crippen LogP contribution in [0.4, 0.5) is 57.1 Å². The van der Waals surface area contributed by atoms with Gasteiger partial charge in [0.2, 0.25) is 0 Å². The van der Waals surface area contributed by atoms with Gasteiger partial charge in [-0.05, 0) is 64.7 Å². The van der Waals surface area contributed by atoms with E-state index < -0.39 is 93.8 Å². The average molecular weight is 713 g/mol. The fourth-order valence-electron chi connectivity index (χ4n) is 4.89. The number of carbonyl (C=O) groups is 1. The third-order valence-corrected chi connectivity index (χ3v) is 7.23. The smallest absolute Gasteiger partial charge is 0.428 e. The number of nitrogens with one attached hydrogen (secondary N) is 1. The highest BCUT2D eigenvalue weighted by molar-refractivity contribution is 5.95. The number of ether oxygens (including phenoxy) is 1. The normalized spacial score (nSPS) is 13.7. The van der Waals surface area contributed by atoms with Gasteiger partial charge in [0.1, 0.15) is 23.2 Å². The molecular formula is C32H21F13N2O2. The minimum atomic E-state index is -5.40. The van der Waals surface area contributed by atoms with Crippen molar-refractivity contribution in [2.24, 2.45) is 5.73 Å². The molecule has 262 valence electrons. The first-order chi connectivity index (χ1) is 22.7. The molecule has 0 heterocycles. The maximum absolute atomic E-state index is 15.1. The van der Waals surface area contributed by atoms with Crippen molar-refractivity contribution in [1.29, 1.82) is 0 Å². The molecule has 1 atom stereocenters. The molecule has 3 N–H and O–H groups in total. The summed E-state index contributed by atoms with van der Waals surface area (Å²) in [4.78, 5) is 13.7. The maximum atomic E-state index is 15.1. The van der Waals surface area contributed by atoms with E-state index in [1.165, 1.54) is 24.3 Å². The quantitative estimate of drug-likeness (QED) is 0.162. The number of halogens is 13. The number of benzene rings is 4. The topological polar surface area (TPSA) is 64.3 Å². The van der Waals surface area contributed by atoms with Gasteiger partial charge >= 0.3 is 24.9 Å². The predicted molar refractivity (Wildman–Crippen MR) is 147 cm³/mol. The summed E-state index contributed by atoms with van der Waals surface area (Å²) in [5.41, 5.74) is -2.71. The van der Waals surface area contributed by atoms with E-state index in [0.717, 1.165) is 0 Å². The second-order valence-corrected chi connectivity index (χ2v) is 10.6. The number of hydrogen-bond donors (Lipinski definition) is 2. The molecule has 0 saturated heterocycles. The molecule has 4 aromatic carbocycles. The monoisotopic (exact) mass is 712 g/mol. The van der Waals surface area contributed by atoms with Crippen LogP contribution < -0.4 is 15.8 Å². The molecule has 0 radical (unpaired) electrons. The SMILES string of the molecule is NCc1ccc(C[C@@](NC(=O)c2ccc(F)c(C(F)(F)F)c2)(c2cc(F)cc(OC(F)(F)C(F)F)c2)c2ccc(F)c(C(F)(F)F)c2)cc1. The molecule has 0 aliphatic carbocycles. The summed E-state index contributed by atoms with van der Waals surface area (Å²) in [6.07, 6.45) is -21.2. The second kappa shape index (κ2) is 13.6. The van der Waals surface area contributed by atoms with Crippen LogP contribution in [0.3, 0.4) is 0 Å². The number of rotatable bonds is 10. The molecule has 0 aromatic heterocycles. The third-order valence-electron chi connectivity index (χ3n) is 7.23. The van der Waals surface area contributed by atoms with Crippen molar-refractivity contribution in [3.63, 3.8) is 0 Å². The largest absolute Gasteiger partial charge is 0.461 e. The summed E-state index contributed by atoms with van der Waals surface area (Å²) in [5.74, 6) is -7.98. The molecule has 0 fully saturated rings. The Bertz CT molecular complexity index is 1820. The van der Waals surface area contributed by atoms with E-state index in [2.05, 4.69) is 10.1 Å². The Morgan fingerprint density at radius 2 is 1.24 bits per heavy atom. The van der Waals surface area contributed by atoms with Crippen molar-refractivity contribution >= 4 is 5.91 Å². The molecule has 49 heavy (non-hydrogen) atoms. The summed E-state index contributed by atoms with van der Waals surface area (Å²) < 4.78 is 184. The zero-order valence-electron chi connectivity index (χ0n) is 24.3. The molecule has 17 heteroatoms. The molecular weight excluding hydrogens is 691 g/mol. The van der Waals surface area contributed by atoms with E-state index in [9.17, 15) is 57.5 Å². The molecule has 0 bridgehead atoms. The van der Waals surface area contributed by atoms with Crippen LogP contribution in [0.25, 0.3) is 0 Å².